The average molecular weight is 394 g/mol. The van der Waals surface area contributed by atoms with E-state index < -0.39 is 0 Å². The maximum atomic E-state index is 12.5. The summed E-state index contributed by atoms with van der Waals surface area (Å²) in [6.07, 6.45) is 3.37. The fourth-order valence-corrected chi connectivity index (χ4v) is 3.28. The molecule has 0 aliphatic carbocycles. The molecule has 1 amide bonds. The number of aromatic amines is 1. The lowest BCUT2D eigenvalue weighted by Gasteiger charge is -2.33. The van der Waals surface area contributed by atoms with Gasteiger partial charge in [0.2, 0.25) is 11.9 Å². The van der Waals surface area contributed by atoms with E-state index in [9.17, 15) is 9.59 Å². The van der Waals surface area contributed by atoms with Crippen molar-refractivity contribution in [2.75, 3.05) is 38.2 Å². The minimum atomic E-state index is -0.192. The second-order valence-electron chi connectivity index (χ2n) is 6.84. The molecule has 2 aromatic heterocycles. The van der Waals surface area contributed by atoms with Gasteiger partial charge in [0.05, 0.1) is 7.11 Å². The zero-order valence-corrected chi connectivity index (χ0v) is 16.3. The molecule has 0 saturated carbocycles. The number of hydrogen-bond donors (Lipinski definition) is 1. The fraction of sp³-hybridized carbons (Fsp3) is 0.300. The summed E-state index contributed by atoms with van der Waals surface area (Å²) in [4.78, 5) is 37.0. The Morgan fingerprint density at radius 1 is 1.17 bits per heavy atom. The van der Waals surface area contributed by atoms with E-state index in [0.717, 1.165) is 11.3 Å². The zero-order valence-electron chi connectivity index (χ0n) is 16.3. The Balaban J connectivity index is 1.40. The molecule has 29 heavy (non-hydrogen) atoms. The second kappa shape index (κ2) is 7.78. The van der Waals surface area contributed by atoms with Gasteiger partial charge >= 0.3 is 0 Å². The molecule has 0 bridgehead atoms. The summed E-state index contributed by atoms with van der Waals surface area (Å²) in [5, 5.41) is 2.99. The van der Waals surface area contributed by atoms with Crippen LogP contribution in [0, 0.1) is 6.92 Å². The molecule has 0 radical (unpaired) electrons. The largest absolute Gasteiger partial charge is 0.497 e. The van der Waals surface area contributed by atoms with Crippen LogP contribution >= 0.6 is 0 Å². The van der Waals surface area contributed by atoms with Crippen LogP contribution in [0.15, 0.2) is 41.2 Å². The van der Waals surface area contributed by atoms with E-state index in [2.05, 4.69) is 15.1 Å². The van der Waals surface area contributed by atoms with Gasteiger partial charge in [-0.1, -0.05) is 12.1 Å². The predicted octanol–water partition coefficient (Wildman–Crippen LogP) is 1.10. The lowest BCUT2D eigenvalue weighted by atomic mass is 10.2. The number of H-pyrrole nitrogens is 1. The Labute approximate surface area is 167 Å². The molecular formula is C20H22N6O3. The van der Waals surface area contributed by atoms with Crippen LogP contribution in [0.1, 0.15) is 11.3 Å². The van der Waals surface area contributed by atoms with E-state index in [4.69, 9.17) is 4.74 Å². The van der Waals surface area contributed by atoms with Crippen molar-refractivity contribution >= 4 is 23.7 Å². The zero-order chi connectivity index (χ0) is 20.4. The highest BCUT2D eigenvalue weighted by molar-refractivity contribution is 5.92. The number of carbonyl (C=O) groups excluding carboxylic acids is 1. The van der Waals surface area contributed by atoms with Crippen LogP contribution in [0.4, 0.5) is 5.95 Å². The number of carbonyl (C=O) groups is 1. The molecule has 1 aliphatic rings. The summed E-state index contributed by atoms with van der Waals surface area (Å²) in [7, 11) is 1.61. The molecule has 9 heteroatoms. The van der Waals surface area contributed by atoms with Crippen LogP contribution in [0.25, 0.3) is 11.9 Å². The van der Waals surface area contributed by atoms with Gasteiger partial charge in [-0.2, -0.15) is 9.50 Å². The van der Waals surface area contributed by atoms with E-state index in [0.29, 0.717) is 43.6 Å². The van der Waals surface area contributed by atoms with Gasteiger partial charge in [-0.05, 0) is 30.7 Å². The number of amides is 1. The summed E-state index contributed by atoms with van der Waals surface area (Å²) in [6.45, 7) is 4.14. The molecular weight excluding hydrogens is 372 g/mol. The molecule has 0 spiro atoms. The van der Waals surface area contributed by atoms with Crippen molar-refractivity contribution in [2.45, 2.75) is 6.92 Å². The second-order valence-corrected chi connectivity index (χ2v) is 6.84. The number of aryl methyl sites for hydroxylation is 1. The number of methoxy groups -OCH3 is 1. The van der Waals surface area contributed by atoms with Crippen molar-refractivity contribution in [3.8, 4) is 5.75 Å². The number of nitrogens with zero attached hydrogens (tertiary/aromatic N) is 5. The molecule has 3 heterocycles. The third-order valence-corrected chi connectivity index (χ3v) is 4.85. The number of ether oxygens (including phenoxy) is 1. The smallest absolute Gasteiger partial charge is 0.274 e. The van der Waals surface area contributed by atoms with Crippen LogP contribution < -0.4 is 15.2 Å². The molecule has 9 nitrogen and oxygen atoms in total. The molecule has 1 fully saturated rings. The maximum Gasteiger partial charge on any atom is 0.274 e. The van der Waals surface area contributed by atoms with Crippen LogP contribution in [0.3, 0.4) is 0 Å². The highest BCUT2D eigenvalue weighted by Crippen LogP contribution is 2.15. The van der Waals surface area contributed by atoms with E-state index >= 15 is 0 Å². The minimum Gasteiger partial charge on any atom is -0.497 e. The van der Waals surface area contributed by atoms with Gasteiger partial charge in [-0.15, -0.1) is 0 Å². The number of fused-ring (bicyclic) bond motifs is 1. The van der Waals surface area contributed by atoms with Gasteiger partial charge < -0.3 is 14.5 Å². The summed E-state index contributed by atoms with van der Waals surface area (Å²) >= 11 is 0. The summed E-state index contributed by atoms with van der Waals surface area (Å²) in [5.74, 6) is 1.65. The van der Waals surface area contributed by atoms with Crippen molar-refractivity contribution in [3.05, 3.63) is 58.0 Å². The normalized spacial score (nSPS) is 14.7. The Kier molecular flexibility index (Phi) is 5.03. The molecule has 1 N–H and O–H groups in total. The van der Waals surface area contributed by atoms with Crippen LogP contribution in [0.2, 0.25) is 0 Å². The molecule has 1 aliphatic heterocycles. The first kappa shape index (κ1) is 18.7. The molecule has 1 saturated heterocycles. The first-order valence-electron chi connectivity index (χ1n) is 9.36. The van der Waals surface area contributed by atoms with Gasteiger partial charge in [0.15, 0.2) is 0 Å². The third kappa shape index (κ3) is 3.98. The quantitative estimate of drug-likeness (QED) is 0.666. The van der Waals surface area contributed by atoms with Crippen LogP contribution in [-0.2, 0) is 4.79 Å². The number of hydrogen-bond acceptors (Lipinski definition) is 6. The highest BCUT2D eigenvalue weighted by Gasteiger charge is 2.22. The predicted molar refractivity (Wildman–Crippen MR) is 109 cm³/mol. The van der Waals surface area contributed by atoms with Gasteiger partial charge in [0.25, 0.3) is 11.3 Å². The Morgan fingerprint density at radius 2 is 1.97 bits per heavy atom. The molecule has 1 aromatic carbocycles. The summed E-state index contributed by atoms with van der Waals surface area (Å²) < 4.78 is 6.53. The fourth-order valence-electron chi connectivity index (χ4n) is 3.28. The number of aromatic nitrogens is 4. The van der Waals surface area contributed by atoms with Crippen molar-refractivity contribution in [1.82, 2.24) is 24.5 Å². The molecule has 150 valence electrons. The highest BCUT2D eigenvalue weighted by atomic mass is 16.5. The van der Waals surface area contributed by atoms with E-state index in [1.165, 1.54) is 10.6 Å². The standard InChI is InChI=1S/C20H22N6O3/c1-14-12-18(28)26-19(21-14)22-20(23-26)25-10-8-24(9-11-25)17(27)7-6-15-4-3-5-16(13-15)29-2/h3-7,12-13H,8-11H2,1-2H3,(H,21,22,23). The average Bonchev–Trinajstić information content (AvgIpc) is 3.16. The Morgan fingerprint density at radius 3 is 2.72 bits per heavy atom. The molecule has 0 atom stereocenters. The number of anilines is 1. The molecule has 0 unspecified atom stereocenters. The van der Waals surface area contributed by atoms with Crippen molar-refractivity contribution in [1.29, 1.82) is 0 Å². The summed E-state index contributed by atoms with van der Waals surface area (Å²) in [6, 6.07) is 9.00. The Hall–Kier alpha value is -3.62. The number of benzene rings is 1. The molecule has 4 rings (SSSR count). The monoisotopic (exact) mass is 394 g/mol. The van der Waals surface area contributed by atoms with Gasteiger partial charge in [-0.25, -0.2) is 4.98 Å². The number of piperazine rings is 1. The van der Waals surface area contributed by atoms with Gasteiger partial charge in [0, 0.05) is 44.0 Å². The van der Waals surface area contributed by atoms with E-state index in [-0.39, 0.29) is 11.5 Å². The summed E-state index contributed by atoms with van der Waals surface area (Å²) in [5.41, 5.74) is 1.35. The van der Waals surface area contributed by atoms with E-state index in [1.807, 2.05) is 29.2 Å². The SMILES string of the molecule is COc1cccc(C=CC(=O)N2CCN(c3nc4nc(C)cc(=O)n4[nH]3)CC2)c1. The van der Waals surface area contributed by atoms with Crippen molar-refractivity contribution in [3.63, 3.8) is 0 Å². The third-order valence-electron chi connectivity index (χ3n) is 4.85. The van der Waals surface area contributed by atoms with Gasteiger partial charge in [-0.3, -0.25) is 14.7 Å². The minimum absolute atomic E-state index is 0.0365. The maximum absolute atomic E-state index is 12.5. The van der Waals surface area contributed by atoms with E-state index in [1.54, 1.807) is 31.1 Å². The number of nitrogens with one attached hydrogen (secondary N) is 1. The van der Waals surface area contributed by atoms with Crippen LogP contribution in [0.5, 0.6) is 5.75 Å². The number of rotatable bonds is 4. The van der Waals surface area contributed by atoms with Crippen LogP contribution in [-0.4, -0.2) is 63.7 Å². The first-order chi connectivity index (χ1) is 14.0. The first-order valence-corrected chi connectivity index (χ1v) is 9.36. The lowest BCUT2D eigenvalue weighted by Crippen LogP contribution is -2.48. The molecule has 3 aromatic rings. The van der Waals surface area contributed by atoms with Crippen molar-refractivity contribution < 1.29 is 9.53 Å². The topological polar surface area (TPSA) is 95.8 Å². The van der Waals surface area contributed by atoms with Gasteiger partial charge in [0.1, 0.15) is 5.75 Å². The lowest BCUT2D eigenvalue weighted by molar-refractivity contribution is -0.126. The van der Waals surface area contributed by atoms with Crippen molar-refractivity contribution in [2.24, 2.45) is 0 Å². The Bertz CT molecular complexity index is 1120.